The highest BCUT2D eigenvalue weighted by atomic mass is 79.9. The zero-order valence-electron chi connectivity index (χ0n) is 11.3. The third-order valence-electron chi connectivity index (χ3n) is 3.90. The zero-order valence-corrected chi connectivity index (χ0v) is 12.9. The Morgan fingerprint density at radius 2 is 2.10 bits per heavy atom. The van der Waals surface area contributed by atoms with Crippen LogP contribution in [0, 0.1) is 5.82 Å². The number of rotatable bonds is 3. The van der Waals surface area contributed by atoms with Crippen molar-refractivity contribution in [2.75, 3.05) is 19.8 Å². The monoisotopic (exact) mass is 355 g/mol. The van der Waals surface area contributed by atoms with Gasteiger partial charge in [-0.3, -0.25) is 0 Å². The van der Waals surface area contributed by atoms with Gasteiger partial charge in [-0.15, -0.1) is 0 Å². The molecule has 21 heavy (non-hydrogen) atoms. The van der Waals surface area contributed by atoms with Crippen molar-refractivity contribution in [3.63, 3.8) is 0 Å². The van der Waals surface area contributed by atoms with Gasteiger partial charge in [-0.25, -0.2) is 4.39 Å². The minimum Gasteiger partial charge on any atom is -0.381 e. The molecule has 1 fully saturated rings. The van der Waals surface area contributed by atoms with Gasteiger partial charge < -0.3 is 15.0 Å². The summed E-state index contributed by atoms with van der Waals surface area (Å²) in [7, 11) is 0. The Labute approximate surface area is 129 Å². The zero-order chi connectivity index (χ0) is 14.9. The Morgan fingerprint density at radius 1 is 1.33 bits per heavy atom. The van der Waals surface area contributed by atoms with Crippen LogP contribution in [0.5, 0.6) is 0 Å². The molecule has 7 heteroatoms. The van der Waals surface area contributed by atoms with Gasteiger partial charge in [0.15, 0.2) is 0 Å². The van der Waals surface area contributed by atoms with Crippen LogP contribution in [-0.4, -0.2) is 29.9 Å². The van der Waals surface area contributed by atoms with Gasteiger partial charge in [-0.1, -0.05) is 5.16 Å². The second-order valence-corrected chi connectivity index (χ2v) is 6.00. The van der Waals surface area contributed by atoms with E-state index in [1.165, 1.54) is 6.07 Å². The Morgan fingerprint density at radius 3 is 2.76 bits per heavy atom. The van der Waals surface area contributed by atoms with Crippen molar-refractivity contribution in [2.24, 2.45) is 5.73 Å². The standard InChI is InChI=1S/C14H15BrFN3O2/c15-10-7-9(1-2-11(10)16)12-18-13(21-19-12)14(8-17)3-5-20-6-4-14/h1-2,7H,3-6,8,17H2. The number of halogens is 2. The van der Waals surface area contributed by atoms with E-state index in [9.17, 15) is 4.39 Å². The number of hydrogen-bond donors (Lipinski definition) is 1. The molecular formula is C14H15BrFN3O2. The summed E-state index contributed by atoms with van der Waals surface area (Å²) in [6.45, 7) is 1.71. The molecule has 0 atom stereocenters. The quantitative estimate of drug-likeness (QED) is 0.915. The summed E-state index contributed by atoms with van der Waals surface area (Å²) >= 11 is 3.15. The van der Waals surface area contributed by atoms with E-state index in [4.69, 9.17) is 15.0 Å². The lowest BCUT2D eigenvalue weighted by Gasteiger charge is -2.32. The fraction of sp³-hybridized carbons (Fsp3) is 0.429. The molecule has 2 aromatic rings. The molecule has 0 amide bonds. The van der Waals surface area contributed by atoms with E-state index in [0.717, 1.165) is 12.8 Å². The van der Waals surface area contributed by atoms with Gasteiger partial charge in [0.05, 0.1) is 9.89 Å². The molecule has 0 radical (unpaired) electrons. The van der Waals surface area contributed by atoms with Crippen molar-refractivity contribution in [2.45, 2.75) is 18.3 Å². The predicted molar refractivity (Wildman–Crippen MR) is 78.2 cm³/mol. The van der Waals surface area contributed by atoms with Gasteiger partial charge in [0.25, 0.3) is 0 Å². The lowest BCUT2D eigenvalue weighted by Crippen LogP contribution is -2.40. The molecule has 1 aromatic carbocycles. The van der Waals surface area contributed by atoms with Gasteiger partial charge in [0.1, 0.15) is 5.82 Å². The summed E-state index contributed by atoms with van der Waals surface area (Å²) in [6.07, 6.45) is 1.52. The summed E-state index contributed by atoms with van der Waals surface area (Å²) in [5.74, 6) is 0.638. The van der Waals surface area contributed by atoms with Crippen LogP contribution in [0.25, 0.3) is 11.4 Å². The maximum atomic E-state index is 13.3. The molecule has 2 heterocycles. The van der Waals surface area contributed by atoms with Crippen LogP contribution in [0.15, 0.2) is 27.2 Å². The number of nitrogens with two attached hydrogens (primary N) is 1. The molecule has 3 rings (SSSR count). The van der Waals surface area contributed by atoms with Crippen LogP contribution in [0.3, 0.4) is 0 Å². The molecule has 1 aliphatic rings. The molecule has 0 saturated carbocycles. The van der Waals surface area contributed by atoms with Crippen molar-refractivity contribution >= 4 is 15.9 Å². The van der Waals surface area contributed by atoms with Crippen LogP contribution in [-0.2, 0) is 10.2 Å². The molecular weight excluding hydrogens is 341 g/mol. The van der Waals surface area contributed by atoms with Crippen molar-refractivity contribution in [1.29, 1.82) is 0 Å². The highest BCUT2D eigenvalue weighted by Crippen LogP contribution is 2.34. The summed E-state index contributed by atoms with van der Waals surface area (Å²) in [4.78, 5) is 4.46. The third kappa shape index (κ3) is 2.73. The topological polar surface area (TPSA) is 74.2 Å². The lowest BCUT2D eigenvalue weighted by molar-refractivity contribution is 0.0409. The number of hydrogen-bond acceptors (Lipinski definition) is 5. The van der Waals surface area contributed by atoms with Gasteiger partial charge in [-0.2, -0.15) is 4.98 Å². The third-order valence-corrected chi connectivity index (χ3v) is 4.51. The van der Waals surface area contributed by atoms with Crippen LogP contribution in [0.2, 0.25) is 0 Å². The molecule has 0 aliphatic carbocycles. The van der Waals surface area contributed by atoms with Gasteiger partial charge in [0.2, 0.25) is 11.7 Å². The Balaban J connectivity index is 1.93. The highest BCUT2D eigenvalue weighted by Gasteiger charge is 2.38. The van der Waals surface area contributed by atoms with E-state index in [1.807, 2.05) is 0 Å². The van der Waals surface area contributed by atoms with Crippen molar-refractivity contribution in [1.82, 2.24) is 10.1 Å². The van der Waals surface area contributed by atoms with Crippen LogP contribution in [0.1, 0.15) is 18.7 Å². The number of nitrogens with zero attached hydrogens (tertiary/aromatic N) is 2. The van der Waals surface area contributed by atoms with Gasteiger partial charge in [-0.05, 0) is 47.0 Å². The number of benzene rings is 1. The first-order chi connectivity index (χ1) is 10.1. The van der Waals surface area contributed by atoms with Crippen LogP contribution >= 0.6 is 15.9 Å². The van der Waals surface area contributed by atoms with E-state index in [-0.39, 0.29) is 11.2 Å². The lowest BCUT2D eigenvalue weighted by atomic mass is 9.80. The molecule has 1 aromatic heterocycles. The van der Waals surface area contributed by atoms with E-state index < -0.39 is 0 Å². The Bertz CT molecular complexity index is 641. The molecule has 0 spiro atoms. The summed E-state index contributed by atoms with van der Waals surface area (Å²) in [5, 5.41) is 4.00. The first-order valence-corrected chi connectivity index (χ1v) is 7.51. The minimum absolute atomic E-state index is 0.319. The number of aromatic nitrogens is 2. The maximum absolute atomic E-state index is 13.3. The highest BCUT2D eigenvalue weighted by molar-refractivity contribution is 9.10. The second-order valence-electron chi connectivity index (χ2n) is 5.15. The molecule has 1 aliphatic heterocycles. The summed E-state index contributed by atoms with van der Waals surface area (Å²) < 4.78 is 24.4. The Kier molecular flexibility index (Phi) is 4.05. The first kappa shape index (κ1) is 14.6. The fourth-order valence-corrected chi connectivity index (χ4v) is 2.84. The van der Waals surface area contributed by atoms with E-state index in [2.05, 4.69) is 26.1 Å². The minimum atomic E-state index is -0.328. The normalized spacial score (nSPS) is 17.9. The van der Waals surface area contributed by atoms with Crippen molar-refractivity contribution < 1.29 is 13.7 Å². The SMILES string of the molecule is NCC1(c2nc(-c3ccc(F)c(Br)c3)no2)CCOCC1. The van der Waals surface area contributed by atoms with E-state index in [1.54, 1.807) is 12.1 Å². The number of ether oxygens (including phenoxy) is 1. The Hall–Kier alpha value is -1.31. The molecule has 0 unspecified atom stereocenters. The molecule has 0 bridgehead atoms. The van der Waals surface area contributed by atoms with Crippen LogP contribution in [0.4, 0.5) is 4.39 Å². The molecule has 2 N–H and O–H groups in total. The van der Waals surface area contributed by atoms with Crippen molar-refractivity contribution in [3.8, 4) is 11.4 Å². The molecule has 5 nitrogen and oxygen atoms in total. The van der Waals surface area contributed by atoms with Crippen molar-refractivity contribution in [3.05, 3.63) is 34.4 Å². The summed E-state index contributed by atoms with van der Waals surface area (Å²) in [5.41, 5.74) is 6.30. The second kappa shape index (κ2) is 5.82. The van der Waals surface area contributed by atoms with Gasteiger partial charge >= 0.3 is 0 Å². The predicted octanol–water partition coefficient (Wildman–Crippen LogP) is 2.65. The van der Waals surface area contributed by atoms with Crippen LogP contribution < -0.4 is 5.73 Å². The van der Waals surface area contributed by atoms with Gasteiger partial charge in [0, 0.05) is 25.3 Å². The fourth-order valence-electron chi connectivity index (χ4n) is 2.46. The smallest absolute Gasteiger partial charge is 0.234 e. The molecule has 1 saturated heterocycles. The largest absolute Gasteiger partial charge is 0.381 e. The van der Waals surface area contributed by atoms with E-state index >= 15 is 0 Å². The average Bonchev–Trinajstić information content (AvgIpc) is 3.01. The maximum Gasteiger partial charge on any atom is 0.234 e. The first-order valence-electron chi connectivity index (χ1n) is 6.72. The average molecular weight is 356 g/mol. The molecule has 112 valence electrons. The van der Waals surface area contributed by atoms with E-state index in [0.29, 0.717) is 41.5 Å². The summed E-state index contributed by atoms with van der Waals surface area (Å²) in [6, 6.07) is 4.61.